The molecule has 1 aromatic heterocycles. The number of thiazole rings is 1. The minimum atomic E-state index is 0.721. The maximum atomic E-state index is 4.83. The minimum absolute atomic E-state index is 0.721. The molecular weight excluding hydrogens is 228 g/mol. The van der Waals surface area contributed by atoms with Gasteiger partial charge in [0.15, 0.2) is 0 Å². The zero-order valence-corrected chi connectivity index (χ0v) is 12.1. The van der Waals surface area contributed by atoms with E-state index in [1.807, 2.05) is 11.3 Å². The summed E-state index contributed by atoms with van der Waals surface area (Å²) in [7, 11) is 0. The lowest BCUT2D eigenvalue weighted by Gasteiger charge is -2.22. The van der Waals surface area contributed by atoms with Gasteiger partial charge in [0.05, 0.1) is 10.7 Å². The van der Waals surface area contributed by atoms with E-state index in [0.29, 0.717) is 0 Å². The standard InChI is InChI=1S/C14H24N2S/c1-4-12-13(9-15-8-10(2)3)17-14(16-12)11-6-5-7-11/h10-11,15H,4-9H2,1-3H3. The summed E-state index contributed by atoms with van der Waals surface area (Å²) in [5.41, 5.74) is 1.33. The molecule has 1 heterocycles. The molecule has 0 saturated heterocycles. The summed E-state index contributed by atoms with van der Waals surface area (Å²) in [5.74, 6) is 1.50. The van der Waals surface area contributed by atoms with Crippen LogP contribution in [0.4, 0.5) is 0 Å². The summed E-state index contributed by atoms with van der Waals surface area (Å²) >= 11 is 1.95. The number of nitrogens with one attached hydrogen (secondary N) is 1. The number of rotatable bonds is 6. The molecule has 1 aliphatic carbocycles. The molecule has 1 N–H and O–H groups in total. The molecule has 1 saturated carbocycles. The molecule has 0 aromatic carbocycles. The minimum Gasteiger partial charge on any atom is -0.312 e. The SMILES string of the molecule is CCc1nc(C2CCC2)sc1CNCC(C)C. The van der Waals surface area contributed by atoms with E-state index in [9.17, 15) is 0 Å². The monoisotopic (exact) mass is 252 g/mol. The fraction of sp³-hybridized carbons (Fsp3) is 0.786. The number of nitrogens with zero attached hydrogens (tertiary/aromatic N) is 1. The third kappa shape index (κ3) is 3.29. The largest absolute Gasteiger partial charge is 0.312 e. The molecule has 0 bridgehead atoms. The summed E-state index contributed by atoms with van der Waals surface area (Å²) < 4.78 is 0. The molecule has 1 aromatic rings. The Bertz CT molecular complexity index is 353. The van der Waals surface area contributed by atoms with Crippen molar-refractivity contribution in [1.29, 1.82) is 0 Å². The first kappa shape index (κ1) is 13.0. The van der Waals surface area contributed by atoms with Gasteiger partial charge in [0.1, 0.15) is 0 Å². The molecule has 0 spiro atoms. The third-order valence-electron chi connectivity index (χ3n) is 3.42. The predicted molar refractivity (Wildman–Crippen MR) is 74.6 cm³/mol. The van der Waals surface area contributed by atoms with Crippen molar-refractivity contribution >= 4 is 11.3 Å². The zero-order valence-electron chi connectivity index (χ0n) is 11.3. The average Bonchev–Trinajstić information content (AvgIpc) is 2.58. The highest BCUT2D eigenvalue weighted by molar-refractivity contribution is 7.11. The smallest absolute Gasteiger partial charge is 0.0962 e. The van der Waals surface area contributed by atoms with Crippen molar-refractivity contribution in [2.24, 2.45) is 5.92 Å². The van der Waals surface area contributed by atoms with Crippen LogP contribution in [-0.4, -0.2) is 11.5 Å². The van der Waals surface area contributed by atoms with E-state index < -0.39 is 0 Å². The molecule has 0 radical (unpaired) electrons. The van der Waals surface area contributed by atoms with Crippen LogP contribution in [-0.2, 0) is 13.0 Å². The van der Waals surface area contributed by atoms with E-state index >= 15 is 0 Å². The Morgan fingerprint density at radius 2 is 2.18 bits per heavy atom. The fourth-order valence-electron chi connectivity index (χ4n) is 2.12. The first-order valence-corrected chi connectivity index (χ1v) is 7.71. The quantitative estimate of drug-likeness (QED) is 0.834. The highest BCUT2D eigenvalue weighted by Crippen LogP contribution is 2.39. The number of aromatic nitrogens is 1. The fourth-order valence-corrected chi connectivity index (χ4v) is 3.41. The van der Waals surface area contributed by atoms with E-state index in [0.717, 1.165) is 31.3 Å². The van der Waals surface area contributed by atoms with Gasteiger partial charge in [-0.25, -0.2) is 4.98 Å². The van der Waals surface area contributed by atoms with Gasteiger partial charge in [-0.15, -0.1) is 11.3 Å². The summed E-state index contributed by atoms with van der Waals surface area (Å²) in [4.78, 5) is 6.29. The van der Waals surface area contributed by atoms with E-state index in [2.05, 4.69) is 26.1 Å². The van der Waals surface area contributed by atoms with Crippen molar-refractivity contribution in [3.8, 4) is 0 Å². The van der Waals surface area contributed by atoms with Gasteiger partial charge in [0.2, 0.25) is 0 Å². The molecule has 2 rings (SSSR count). The van der Waals surface area contributed by atoms with Crippen LogP contribution < -0.4 is 5.32 Å². The lowest BCUT2D eigenvalue weighted by molar-refractivity contribution is 0.418. The van der Waals surface area contributed by atoms with Gasteiger partial charge in [-0.3, -0.25) is 0 Å². The highest BCUT2D eigenvalue weighted by Gasteiger charge is 2.24. The maximum Gasteiger partial charge on any atom is 0.0962 e. The van der Waals surface area contributed by atoms with Crippen molar-refractivity contribution in [1.82, 2.24) is 10.3 Å². The second-order valence-electron chi connectivity index (χ2n) is 5.43. The molecule has 0 unspecified atom stereocenters. The topological polar surface area (TPSA) is 24.9 Å². The highest BCUT2D eigenvalue weighted by atomic mass is 32.1. The maximum absolute atomic E-state index is 4.83. The summed E-state index contributed by atoms with van der Waals surface area (Å²) in [6.45, 7) is 8.82. The van der Waals surface area contributed by atoms with E-state index in [1.165, 1.54) is 34.8 Å². The van der Waals surface area contributed by atoms with E-state index in [-0.39, 0.29) is 0 Å². The first-order valence-electron chi connectivity index (χ1n) is 6.89. The van der Waals surface area contributed by atoms with Crippen LogP contribution in [0.5, 0.6) is 0 Å². The number of hydrogen-bond donors (Lipinski definition) is 1. The van der Waals surface area contributed by atoms with Gasteiger partial charge in [0, 0.05) is 17.3 Å². The molecule has 0 aliphatic heterocycles. The van der Waals surface area contributed by atoms with Crippen molar-refractivity contribution in [2.75, 3.05) is 6.54 Å². The Labute approximate surface area is 109 Å². The van der Waals surface area contributed by atoms with Crippen molar-refractivity contribution < 1.29 is 0 Å². The van der Waals surface area contributed by atoms with Crippen LogP contribution in [0.3, 0.4) is 0 Å². The van der Waals surface area contributed by atoms with Gasteiger partial charge in [-0.2, -0.15) is 0 Å². The Morgan fingerprint density at radius 1 is 1.41 bits per heavy atom. The Balaban J connectivity index is 1.96. The second kappa shape index (κ2) is 5.96. The molecular formula is C14H24N2S. The zero-order chi connectivity index (χ0) is 12.3. The molecule has 1 aliphatic rings. The van der Waals surface area contributed by atoms with Crippen molar-refractivity contribution in [3.05, 3.63) is 15.6 Å². The van der Waals surface area contributed by atoms with Crippen LogP contribution in [0.1, 0.15) is 61.5 Å². The van der Waals surface area contributed by atoms with Gasteiger partial charge in [0.25, 0.3) is 0 Å². The van der Waals surface area contributed by atoms with Crippen LogP contribution in [0, 0.1) is 5.92 Å². The van der Waals surface area contributed by atoms with Crippen LogP contribution in [0.2, 0.25) is 0 Å². The lowest BCUT2D eigenvalue weighted by atomic mass is 9.86. The molecule has 0 atom stereocenters. The molecule has 1 fully saturated rings. The molecule has 17 heavy (non-hydrogen) atoms. The summed E-state index contributed by atoms with van der Waals surface area (Å²) in [6.07, 6.45) is 5.18. The Hall–Kier alpha value is -0.410. The number of hydrogen-bond acceptors (Lipinski definition) is 3. The van der Waals surface area contributed by atoms with E-state index in [4.69, 9.17) is 4.98 Å². The molecule has 96 valence electrons. The van der Waals surface area contributed by atoms with Gasteiger partial charge in [-0.05, 0) is 31.7 Å². The molecule has 3 heteroatoms. The van der Waals surface area contributed by atoms with Crippen LogP contribution in [0.15, 0.2) is 0 Å². The van der Waals surface area contributed by atoms with Gasteiger partial charge >= 0.3 is 0 Å². The lowest BCUT2D eigenvalue weighted by Crippen LogP contribution is -2.18. The Kier molecular flexibility index (Phi) is 4.57. The Morgan fingerprint density at radius 3 is 2.71 bits per heavy atom. The first-order chi connectivity index (χ1) is 8.20. The molecule has 0 amide bonds. The van der Waals surface area contributed by atoms with E-state index in [1.54, 1.807) is 0 Å². The predicted octanol–water partition coefficient (Wildman–Crippen LogP) is 3.72. The van der Waals surface area contributed by atoms with Crippen molar-refractivity contribution in [3.63, 3.8) is 0 Å². The van der Waals surface area contributed by atoms with Crippen LogP contribution >= 0.6 is 11.3 Å². The number of aryl methyl sites for hydroxylation is 1. The van der Waals surface area contributed by atoms with Crippen LogP contribution in [0.25, 0.3) is 0 Å². The second-order valence-corrected chi connectivity index (χ2v) is 6.54. The third-order valence-corrected chi connectivity index (χ3v) is 4.68. The van der Waals surface area contributed by atoms with Gasteiger partial charge in [-0.1, -0.05) is 27.2 Å². The molecule has 2 nitrogen and oxygen atoms in total. The normalized spacial score (nSPS) is 16.5. The van der Waals surface area contributed by atoms with Crippen molar-refractivity contribution in [2.45, 2.75) is 58.9 Å². The summed E-state index contributed by atoms with van der Waals surface area (Å²) in [6, 6.07) is 0. The average molecular weight is 252 g/mol. The van der Waals surface area contributed by atoms with Gasteiger partial charge < -0.3 is 5.32 Å². The summed E-state index contributed by atoms with van der Waals surface area (Å²) in [5, 5.41) is 4.93.